The number of likely N-dealkylation sites (tertiary alicyclic amines) is 1. The summed E-state index contributed by atoms with van der Waals surface area (Å²) in [5, 5.41) is 17.4. The summed E-state index contributed by atoms with van der Waals surface area (Å²) in [6.07, 6.45) is 3.76. The van der Waals surface area contributed by atoms with Crippen molar-refractivity contribution in [1.82, 2.24) is 4.90 Å². The molecule has 1 atom stereocenters. The second-order valence-corrected chi connectivity index (χ2v) is 4.22. The van der Waals surface area contributed by atoms with Crippen molar-refractivity contribution in [3.05, 3.63) is 0 Å². The van der Waals surface area contributed by atoms with E-state index in [4.69, 9.17) is 10.2 Å². The van der Waals surface area contributed by atoms with Gasteiger partial charge in [0, 0.05) is 26.1 Å². The predicted molar refractivity (Wildman–Crippen MR) is 57.9 cm³/mol. The molecule has 0 aliphatic carbocycles. The van der Waals surface area contributed by atoms with Crippen molar-refractivity contribution in [2.45, 2.75) is 32.1 Å². The number of aliphatic hydroxyl groups excluding tert-OH is 1. The van der Waals surface area contributed by atoms with Crippen molar-refractivity contribution in [2.75, 3.05) is 19.7 Å². The first-order valence-corrected chi connectivity index (χ1v) is 5.76. The van der Waals surface area contributed by atoms with Gasteiger partial charge in [-0.05, 0) is 12.8 Å². The van der Waals surface area contributed by atoms with Gasteiger partial charge in [0.15, 0.2) is 0 Å². The van der Waals surface area contributed by atoms with Crippen LogP contribution in [0.15, 0.2) is 0 Å². The zero-order valence-electron chi connectivity index (χ0n) is 9.39. The van der Waals surface area contributed by atoms with Crippen LogP contribution in [-0.2, 0) is 9.59 Å². The molecule has 92 valence electrons. The van der Waals surface area contributed by atoms with Gasteiger partial charge in [0.2, 0.25) is 5.91 Å². The molecule has 1 amide bonds. The second-order valence-electron chi connectivity index (χ2n) is 4.22. The van der Waals surface area contributed by atoms with Crippen LogP contribution in [0, 0.1) is 5.92 Å². The highest BCUT2D eigenvalue weighted by atomic mass is 16.4. The molecule has 0 aromatic carbocycles. The minimum Gasteiger partial charge on any atom is -0.481 e. The molecule has 2 N–H and O–H groups in total. The first-order valence-electron chi connectivity index (χ1n) is 5.76. The van der Waals surface area contributed by atoms with Gasteiger partial charge in [-0.15, -0.1) is 0 Å². The summed E-state index contributed by atoms with van der Waals surface area (Å²) in [6, 6.07) is 0. The number of amides is 1. The zero-order valence-corrected chi connectivity index (χ0v) is 9.39. The van der Waals surface area contributed by atoms with Crippen LogP contribution in [0.2, 0.25) is 0 Å². The van der Waals surface area contributed by atoms with E-state index in [1.807, 2.05) is 0 Å². The Morgan fingerprint density at radius 3 is 2.56 bits per heavy atom. The summed E-state index contributed by atoms with van der Waals surface area (Å²) in [4.78, 5) is 23.8. The van der Waals surface area contributed by atoms with Gasteiger partial charge in [-0.2, -0.15) is 0 Å². The molecule has 16 heavy (non-hydrogen) atoms. The molecule has 0 spiro atoms. The van der Waals surface area contributed by atoms with Crippen LogP contribution >= 0.6 is 0 Å². The molecule has 1 saturated heterocycles. The van der Waals surface area contributed by atoms with Crippen LogP contribution < -0.4 is 0 Å². The highest BCUT2D eigenvalue weighted by molar-refractivity contribution is 5.86. The standard InChI is InChI=1S/C11H19NO4/c13-6-4-2-1-3-5-12-8-9(11(15)16)7-10(12)14/h9,13H,1-8H2,(H,15,16). The van der Waals surface area contributed by atoms with Crippen molar-refractivity contribution >= 4 is 11.9 Å². The van der Waals surface area contributed by atoms with Crippen molar-refractivity contribution in [1.29, 1.82) is 0 Å². The molecule has 5 heteroatoms. The van der Waals surface area contributed by atoms with Crippen molar-refractivity contribution in [3.63, 3.8) is 0 Å². The Morgan fingerprint density at radius 2 is 2.00 bits per heavy atom. The fourth-order valence-electron chi connectivity index (χ4n) is 1.92. The lowest BCUT2D eigenvalue weighted by molar-refractivity contribution is -0.141. The molecular formula is C11H19NO4. The molecule has 1 aliphatic heterocycles. The van der Waals surface area contributed by atoms with E-state index in [0.29, 0.717) is 13.1 Å². The van der Waals surface area contributed by atoms with Crippen LogP contribution in [0.5, 0.6) is 0 Å². The molecule has 1 rings (SSSR count). The summed E-state index contributed by atoms with van der Waals surface area (Å²) in [5.41, 5.74) is 0. The van der Waals surface area contributed by atoms with E-state index < -0.39 is 11.9 Å². The molecule has 0 aromatic rings. The van der Waals surface area contributed by atoms with Gasteiger partial charge in [-0.1, -0.05) is 12.8 Å². The lowest BCUT2D eigenvalue weighted by atomic mass is 10.1. The van der Waals surface area contributed by atoms with Gasteiger partial charge in [0.05, 0.1) is 5.92 Å². The van der Waals surface area contributed by atoms with Crippen molar-refractivity contribution in [2.24, 2.45) is 5.92 Å². The summed E-state index contributed by atoms with van der Waals surface area (Å²) < 4.78 is 0. The van der Waals surface area contributed by atoms with Crippen LogP contribution in [0.1, 0.15) is 32.1 Å². The summed E-state index contributed by atoms with van der Waals surface area (Å²) >= 11 is 0. The molecule has 1 fully saturated rings. The average molecular weight is 229 g/mol. The van der Waals surface area contributed by atoms with Crippen molar-refractivity contribution < 1.29 is 19.8 Å². The van der Waals surface area contributed by atoms with Gasteiger partial charge in [0.1, 0.15) is 0 Å². The molecule has 1 heterocycles. The Bertz CT molecular complexity index is 254. The Kier molecular flexibility index (Phi) is 5.25. The largest absolute Gasteiger partial charge is 0.481 e. The van der Waals surface area contributed by atoms with E-state index in [1.165, 1.54) is 0 Å². The van der Waals surface area contributed by atoms with E-state index in [9.17, 15) is 9.59 Å². The number of unbranched alkanes of at least 4 members (excludes halogenated alkanes) is 3. The number of aliphatic hydroxyl groups is 1. The predicted octanol–water partition coefficient (Wildman–Crippen LogP) is 0.472. The summed E-state index contributed by atoms with van der Waals surface area (Å²) in [7, 11) is 0. The van der Waals surface area contributed by atoms with E-state index in [0.717, 1.165) is 25.7 Å². The van der Waals surface area contributed by atoms with Crippen LogP contribution in [-0.4, -0.2) is 46.7 Å². The van der Waals surface area contributed by atoms with E-state index in [-0.39, 0.29) is 18.9 Å². The molecule has 0 bridgehead atoms. The Labute approximate surface area is 95.1 Å². The maximum atomic E-state index is 11.4. The molecule has 0 radical (unpaired) electrons. The molecule has 1 aliphatic rings. The first kappa shape index (κ1) is 13.0. The molecule has 0 aromatic heterocycles. The number of rotatable bonds is 7. The van der Waals surface area contributed by atoms with Crippen molar-refractivity contribution in [3.8, 4) is 0 Å². The van der Waals surface area contributed by atoms with E-state index in [1.54, 1.807) is 4.90 Å². The number of hydrogen-bond acceptors (Lipinski definition) is 3. The minimum absolute atomic E-state index is 0.0467. The fraction of sp³-hybridized carbons (Fsp3) is 0.818. The molecular weight excluding hydrogens is 210 g/mol. The van der Waals surface area contributed by atoms with Gasteiger partial charge in [-0.3, -0.25) is 9.59 Å². The highest BCUT2D eigenvalue weighted by Gasteiger charge is 2.33. The average Bonchev–Trinajstić information content (AvgIpc) is 2.60. The lowest BCUT2D eigenvalue weighted by Gasteiger charge is -2.15. The SMILES string of the molecule is O=C(O)C1CC(=O)N(CCCCCCO)C1. The molecule has 0 saturated carbocycles. The Hall–Kier alpha value is -1.10. The molecule has 5 nitrogen and oxygen atoms in total. The third kappa shape index (κ3) is 3.81. The quantitative estimate of drug-likeness (QED) is 0.622. The van der Waals surface area contributed by atoms with Gasteiger partial charge in [-0.25, -0.2) is 0 Å². The lowest BCUT2D eigenvalue weighted by Crippen LogP contribution is -2.27. The molecule has 1 unspecified atom stereocenters. The second kappa shape index (κ2) is 6.48. The monoisotopic (exact) mass is 229 g/mol. The number of carbonyl (C=O) groups excluding carboxylic acids is 1. The van der Waals surface area contributed by atoms with Gasteiger partial charge >= 0.3 is 5.97 Å². The number of nitrogens with zero attached hydrogens (tertiary/aromatic N) is 1. The maximum absolute atomic E-state index is 11.4. The zero-order chi connectivity index (χ0) is 12.0. The minimum atomic E-state index is -0.879. The maximum Gasteiger partial charge on any atom is 0.308 e. The number of carboxylic acid groups (broad SMARTS) is 1. The van der Waals surface area contributed by atoms with E-state index in [2.05, 4.69) is 0 Å². The third-order valence-electron chi connectivity index (χ3n) is 2.90. The summed E-state index contributed by atoms with van der Waals surface area (Å²) in [5.74, 6) is -1.45. The number of carbonyl (C=O) groups is 2. The Morgan fingerprint density at radius 1 is 1.31 bits per heavy atom. The topological polar surface area (TPSA) is 77.8 Å². The first-order chi connectivity index (χ1) is 7.65. The number of carboxylic acids is 1. The smallest absolute Gasteiger partial charge is 0.308 e. The van der Waals surface area contributed by atoms with Gasteiger partial charge in [0.25, 0.3) is 0 Å². The normalized spacial score (nSPS) is 20.4. The fourth-order valence-corrected chi connectivity index (χ4v) is 1.92. The Balaban J connectivity index is 2.18. The number of aliphatic carboxylic acids is 1. The third-order valence-corrected chi connectivity index (χ3v) is 2.90. The summed E-state index contributed by atoms with van der Waals surface area (Å²) in [6.45, 7) is 1.21. The van der Waals surface area contributed by atoms with Gasteiger partial charge < -0.3 is 15.1 Å². The van der Waals surface area contributed by atoms with E-state index >= 15 is 0 Å². The van der Waals surface area contributed by atoms with Crippen LogP contribution in [0.4, 0.5) is 0 Å². The highest BCUT2D eigenvalue weighted by Crippen LogP contribution is 2.18. The number of hydrogen-bond donors (Lipinski definition) is 2. The van der Waals surface area contributed by atoms with Crippen LogP contribution in [0.25, 0.3) is 0 Å². The van der Waals surface area contributed by atoms with Crippen LogP contribution in [0.3, 0.4) is 0 Å².